The lowest BCUT2D eigenvalue weighted by molar-refractivity contribution is -0.116. The SMILES string of the molecule is CCC.COc1ccc2cc(CC(C)=O)ccc2c1. The fourth-order valence-corrected chi connectivity index (χ4v) is 1.80. The Hall–Kier alpha value is -1.83. The molecule has 0 amide bonds. The summed E-state index contributed by atoms with van der Waals surface area (Å²) >= 11 is 0. The highest BCUT2D eigenvalue weighted by atomic mass is 16.5. The molecule has 0 saturated heterocycles. The molecule has 0 aliphatic rings. The summed E-state index contributed by atoms with van der Waals surface area (Å²) in [4.78, 5) is 11.0. The fraction of sp³-hybridized carbons (Fsp3) is 0.353. The Morgan fingerprint density at radius 1 is 1.05 bits per heavy atom. The largest absolute Gasteiger partial charge is 0.497 e. The first-order valence-corrected chi connectivity index (χ1v) is 6.66. The number of carbonyl (C=O) groups is 1. The summed E-state index contributed by atoms with van der Waals surface area (Å²) in [5.41, 5.74) is 1.06. The highest BCUT2D eigenvalue weighted by molar-refractivity contribution is 5.86. The number of fused-ring (bicyclic) bond motifs is 1. The van der Waals surface area contributed by atoms with Crippen LogP contribution in [-0.2, 0) is 11.2 Å². The third-order valence-electron chi connectivity index (χ3n) is 2.56. The maximum Gasteiger partial charge on any atom is 0.134 e. The van der Waals surface area contributed by atoms with Crippen molar-refractivity contribution in [2.75, 3.05) is 7.11 Å². The van der Waals surface area contributed by atoms with Gasteiger partial charge in [-0.3, -0.25) is 4.79 Å². The zero-order chi connectivity index (χ0) is 14.3. The van der Waals surface area contributed by atoms with Crippen LogP contribution in [0.2, 0.25) is 0 Å². The van der Waals surface area contributed by atoms with Crippen molar-refractivity contribution in [1.82, 2.24) is 0 Å². The van der Waals surface area contributed by atoms with Crippen molar-refractivity contribution >= 4 is 16.6 Å². The van der Waals surface area contributed by atoms with Gasteiger partial charge >= 0.3 is 0 Å². The molecule has 0 N–H and O–H groups in total. The quantitative estimate of drug-likeness (QED) is 0.815. The van der Waals surface area contributed by atoms with Crippen LogP contribution >= 0.6 is 0 Å². The molecule has 2 rings (SSSR count). The first-order valence-electron chi connectivity index (χ1n) is 6.66. The molecule has 0 aliphatic heterocycles. The van der Waals surface area contributed by atoms with Crippen LogP contribution in [0.5, 0.6) is 5.75 Å². The van der Waals surface area contributed by atoms with Crippen molar-refractivity contribution in [1.29, 1.82) is 0 Å². The number of hydrogen-bond donors (Lipinski definition) is 0. The van der Waals surface area contributed by atoms with Crippen molar-refractivity contribution in [3.8, 4) is 5.75 Å². The summed E-state index contributed by atoms with van der Waals surface area (Å²) < 4.78 is 5.16. The number of methoxy groups -OCH3 is 1. The van der Waals surface area contributed by atoms with Crippen LogP contribution in [0.3, 0.4) is 0 Å². The van der Waals surface area contributed by atoms with Crippen molar-refractivity contribution < 1.29 is 9.53 Å². The van der Waals surface area contributed by atoms with Gasteiger partial charge in [0.1, 0.15) is 11.5 Å². The molecule has 19 heavy (non-hydrogen) atoms. The van der Waals surface area contributed by atoms with Gasteiger partial charge in [-0.15, -0.1) is 0 Å². The van der Waals surface area contributed by atoms with Crippen molar-refractivity contribution in [2.24, 2.45) is 0 Å². The van der Waals surface area contributed by atoms with Crippen LogP contribution in [0.15, 0.2) is 36.4 Å². The third kappa shape index (κ3) is 4.74. The second-order valence-electron chi connectivity index (χ2n) is 4.63. The van der Waals surface area contributed by atoms with E-state index in [0.717, 1.165) is 22.1 Å². The topological polar surface area (TPSA) is 26.3 Å². The maximum absolute atomic E-state index is 11.0. The Labute approximate surface area is 115 Å². The van der Waals surface area contributed by atoms with E-state index in [9.17, 15) is 4.79 Å². The van der Waals surface area contributed by atoms with E-state index in [-0.39, 0.29) is 5.78 Å². The first kappa shape index (κ1) is 15.2. The monoisotopic (exact) mass is 258 g/mol. The summed E-state index contributed by atoms with van der Waals surface area (Å²) in [6.45, 7) is 5.86. The number of Topliss-reactive ketones (excluding diaryl/α,β-unsaturated/α-hetero) is 1. The van der Waals surface area contributed by atoms with E-state index in [1.54, 1.807) is 14.0 Å². The molecule has 0 radical (unpaired) electrons. The Morgan fingerprint density at radius 3 is 2.21 bits per heavy atom. The van der Waals surface area contributed by atoms with Gasteiger partial charge in [0.25, 0.3) is 0 Å². The molecule has 0 heterocycles. The van der Waals surface area contributed by atoms with Gasteiger partial charge in [0.15, 0.2) is 0 Å². The van der Waals surface area contributed by atoms with Gasteiger partial charge in [0, 0.05) is 6.42 Å². The van der Waals surface area contributed by atoms with Gasteiger partial charge in [0.05, 0.1) is 7.11 Å². The van der Waals surface area contributed by atoms with Crippen LogP contribution < -0.4 is 4.74 Å². The Kier molecular flexibility index (Phi) is 6.07. The number of hydrogen-bond acceptors (Lipinski definition) is 2. The summed E-state index contributed by atoms with van der Waals surface area (Å²) in [6, 6.07) is 12.0. The summed E-state index contributed by atoms with van der Waals surface area (Å²) in [5, 5.41) is 2.27. The molecule has 0 atom stereocenters. The molecular formula is C17H22O2. The lowest BCUT2D eigenvalue weighted by atomic mass is 10.0. The molecule has 0 aliphatic carbocycles. The zero-order valence-electron chi connectivity index (χ0n) is 12.2. The molecule has 0 bridgehead atoms. The molecular weight excluding hydrogens is 236 g/mol. The van der Waals surface area contributed by atoms with Crippen LogP contribution in [-0.4, -0.2) is 12.9 Å². The zero-order valence-corrected chi connectivity index (χ0v) is 12.2. The minimum absolute atomic E-state index is 0.188. The lowest BCUT2D eigenvalue weighted by Crippen LogP contribution is -1.95. The minimum Gasteiger partial charge on any atom is -0.497 e. The average molecular weight is 258 g/mol. The van der Waals surface area contributed by atoms with Gasteiger partial charge in [-0.1, -0.05) is 44.5 Å². The van der Waals surface area contributed by atoms with Crippen LogP contribution in [0.25, 0.3) is 10.8 Å². The maximum atomic E-state index is 11.0. The predicted molar refractivity (Wildman–Crippen MR) is 80.9 cm³/mol. The molecule has 0 spiro atoms. The number of rotatable bonds is 3. The second kappa shape index (κ2) is 7.57. The van der Waals surface area contributed by atoms with Crippen LogP contribution in [0.4, 0.5) is 0 Å². The van der Waals surface area contributed by atoms with E-state index in [4.69, 9.17) is 4.74 Å². The van der Waals surface area contributed by atoms with Crippen molar-refractivity contribution in [3.63, 3.8) is 0 Å². The highest BCUT2D eigenvalue weighted by Crippen LogP contribution is 2.22. The third-order valence-corrected chi connectivity index (χ3v) is 2.56. The Balaban J connectivity index is 0.000000550. The average Bonchev–Trinajstić information content (AvgIpc) is 2.38. The van der Waals surface area contributed by atoms with Gasteiger partial charge in [0.2, 0.25) is 0 Å². The predicted octanol–water partition coefficient (Wildman–Crippen LogP) is 4.40. The molecule has 2 nitrogen and oxygen atoms in total. The number of benzene rings is 2. The lowest BCUT2D eigenvalue weighted by Gasteiger charge is -2.04. The number of carbonyl (C=O) groups excluding carboxylic acids is 1. The molecule has 0 saturated carbocycles. The molecule has 0 fully saturated rings. The standard InChI is InChI=1S/C14H14O2.C3H8/c1-10(15)7-11-3-4-13-9-14(16-2)6-5-12(13)8-11;1-3-2/h3-6,8-9H,7H2,1-2H3;3H2,1-2H3. The smallest absolute Gasteiger partial charge is 0.134 e. The van der Waals surface area contributed by atoms with Crippen molar-refractivity contribution in [3.05, 3.63) is 42.0 Å². The summed E-state index contributed by atoms with van der Waals surface area (Å²) in [6.07, 6.45) is 1.75. The van der Waals surface area contributed by atoms with E-state index >= 15 is 0 Å². The minimum atomic E-state index is 0.188. The summed E-state index contributed by atoms with van der Waals surface area (Å²) in [7, 11) is 1.66. The van der Waals surface area contributed by atoms with Gasteiger partial charge in [-0.25, -0.2) is 0 Å². The first-order chi connectivity index (χ1) is 9.10. The van der Waals surface area contributed by atoms with E-state index < -0.39 is 0 Å². The Morgan fingerprint density at radius 2 is 1.63 bits per heavy atom. The molecule has 2 aromatic carbocycles. The van der Waals surface area contributed by atoms with E-state index in [1.165, 1.54) is 6.42 Å². The van der Waals surface area contributed by atoms with Crippen LogP contribution in [0, 0.1) is 0 Å². The second-order valence-corrected chi connectivity index (χ2v) is 4.63. The van der Waals surface area contributed by atoms with Gasteiger partial charge in [-0.05, 0) is 35.4 Å². The number of ether oxygens (including phenoxy) is 1. The van der Waals surface area contributed by atoms with E-state index in [0.29, 0.717) is 6.42 Å². The van der Waals surface area contributed by atoms with Crippen molar-refractivity contribution in [2.45, 2.75) is 33.6 Å². The molecule has 2 heteroatoms. The molecule has 102 valence electrons. The van der Waals surface area contributed by atoms with E-state index in [1.807, 2.05) is 30.3 Å². The summed E-state index contributed by atoms with van der Waals surface area (Å²) in [5.74, 6) is 1.04. The highest BCUT2D eigenvalue weighted by Gasteiger charge is 2.00. The normalized spacial score (nSPS) is 9.68. The molecule has 2 aromatic rings. The number of ketones is 1. The van der Waals surface area contributed by atoms with Gasteiger partial charge in [-0.2, -0.15) is 0 Å². The van der Waals surface area contributed by atoms with Crippen LogP contribution in [0.1, 0.15) is 32.8 Å². The fourth-order valence-electron chi connectivity index (χ4n) is 1.80. The Bertz CT molecular complexity index is 544. The van der Waals surface area contributed by atoms with E-state index in [2.05, 4.69) is 19.9 Å². The molecule has 0 unspecified atom stereocenters. The molecule has 0 aromatic heterocycles. The van der Waals surface area contributed by atoms with Gasteiger partial charge < -0.3 is 4.74 Å².